The van der Waals surface area contributed by atoms with Crippen molar-refractivity contribution in [3.05, 3.63) is 134 Å². The molecule has 59 heavy (non-hydrogen) atoms. The van der Waals surface area contributed by atoms with Crippen LogP contribution in [-0.4, -0.2) is 83.8 Å². The fourth-order valence-electron chi connectivity index (χ4n) is 5.77. The van der Waals surface area contributed by atoms with Crippen molar-refractivity contribution in [3.8, 4) is 0 Å². The average molecular weight is 817 g/mol. The van der Waals surface area contributed by atoms with Crippen LogP contribution in [0.15, 0.2) is 112 Å². The number of esters is 4. The molecular formula is C45H56N2O12. The molecule has 0 aliphatic rings. The number of nitrogens with one attached hydrogen (secondary N) is 2. The molecule has 0 aliphatic heterocycles. The Hall–Kier alpha value is -6.70. The maximum Gasteiger partial charge on any atom is 0.405 e. The summed E-state index contributed by atoms with van der Waals surface area (Å²) in [7, 11) is 0. The van der Waals surface area contributed by atoms with Crippen molar-refractivity contribution in [2.75, 3.05) is 13.2 Å². The van der Waals surface area contributed by atoms with Crippen LogP contribution in [-0.2, 0) is 49.0 Å². The summed E-state index contributed by atoms with van der Waals surface area (Å²) < 4.78 is 20.9. The second kappa shape index (κ2) is 22.9. The van der Waals surface area contributed by atoms with Crippen LogP contribution in [0.25, 0.3) is 11.1 Å². The number of benzene rings is 2. The number of hydrogen-bond acceptors (Lipinski definition) is 10. The van der Waals surface area contributed by atoms with E-state index in [-0.39, 0.29) is 18.8 Å². The van der Waals surface area contributed by atoms with Crippen LogP contribution in [0.1, 0.15) is 70.7 Å². The highest BCUT2D eigenvalue weighted by molar-refractivity contribution is 5.87. The van der Waals surface area contributed by atoms with Crippen molar-refractivity contribution in [1.82, 2.24) is 10.6 Å². The molecule has 2 aromatic rings. The Morgan fingerprint density at radius 1 is 0.627 bits per heavy atom. The summed E-state index contributed by atoms with van der Waals surface area (Å²) in [6.45, 7) is 33.1. The lowest BCUT2D eigenvalue weighted by Crippen LogP contribution is -2.56. The number of ether oxygens (including phenoxy) is 4. The van der Waals surface area contributed by atoms with Gasteiger partial charge in [0.25, 0.3) is 0 Å². The summed E-state index contributed by atoms with van der Waals surface area (Å²) in [6.07, 6.45) is -1.96. The van der Waals surface area contributed by atoms with Crippen LogP contribution < -0.4 is 10.6 Å². The maximum atomic E-state index is 11.9. The molecule has 4 unspecified atom stereocenters. The van der Waals surface area contributed by atoms with Crippen molar-refractivity contribution in [2.24, 2.45) is 0 Å². The van der Waals surface area contributed by atoms with E-state index in [1.807, 2.05) is 62.4 Å². The Morgan fingerprint density at radius 3 is 1.29 bits per heavy atom. The van der Waals surface area contributed by atoms with Gasteiger partial charge in [0.2, 0.25) is 0 Å². The van der Waals surface area contributed by atoms with Gasteiger partial charge in [-0.15, -0.1) is 0 Å². The smallest absolute Gasteiger partial charge is 0.405 e. The third kappa shape index (κ3) is 15.6. The molecule has 2 amide bonds. The summed E-state index contributed by atoms with van der Waals surface area (Å²) >= 11 is 0. The number of carboxylic acid groups (broad SMARTS) is 2. The summed E-state index contributed by atoms with van der Waals surface area (Å²) in [5.74, 6) is -2.94. The molecule has 14 nitrogen and oxygen atoms in total. The van der Waals surface area contributed by atoms with Crippen LogP contribution >= 0.6 is 0 Å². The number of allylic oxidation sites excluding steroid dienone is 2. The van der Waals surface area contributed by atoms with Gasteiger partial charge in [-0.1, -0.05) is 127 Å². The zero-order valence-corrected chi connectivity index (χ0v) is 34.8. The molecule has 0 bridgehead atoms. The van der Waals surface area contributed by atoms with Crippen LogP contribution in [0.2, 0.25) is 0 Å². The van der Waals surface area contributed by atoms with Crippen molar-refractivity contribution in [1.29, 1.82) is 0 Å². The number of carbonyl (C=O) groups is 6. The quantitative estimate of drug-likeness (QED) is 0.0590. The molecule has 0 saturated heterocycles. The number of rotatable bonds is 20. The van der Waals surface area contributed by atoms with E-state index >= 15 is 0 Å². The Labute approximate surface area is 346 Å². The second-order valence-electron chi connectivity index (χ2n) is 14.6. The SMILES string of the molecule is C=CC(=O)OC(COC(=O)C(=C)C)C(NC(=O)O)C(C)(C)c1cccc(C(=C)C)c1.C=CC(=O)OCC(OC(=O)C=C)C(NC(=O)O)C(C)(C)c1cccc(C(=C)C)c1. The van der Waals surface area contributed by atoms with Gasteiger partial charge in [-0.05, 0) is 43.0 Å². The standard InChI is InChI=1S/C23H29NO6.C22H27NO6/c1-8-19(25)30-18(13-29-21(26)15(4)5)20(24-22(27)28)23(6,7)17-11-9-10-16(12-17)14(2)3;1-7-18(24)28-13-17(29-19(25)8-2)20(23-21(26)27)22(5,6)16-11-9-10-15(12-16)14(3)4/h8-12,18,20,24H,1-2,4,13H2,3,5-7H3,(H,27,28);7-12,17,20,23H,1-3,13H2,4-6H3,(H,26,27). The molecule has 0 heterocycles. The molecule has 14 heteroatoms. The summed E-state index contributed by atoms with van der Waals surface area (Å²) in [6, 6.07) is 13.0. The zero-order valence-electron chi connectivity index (χ0n) is 34.8. The van der Waals surface area contributed by atoms with Gasteiger partial charge < -0.3 is 39.8 Å². The fraction of sp³-hybridized carbons (Fsp3) is 0.333. The topological polar surface area (TPSA) is 204 Å². The van der Waals surface area contributed by atoms with Crippen LogP contribution in [0.4, 0.5) is 9.59 Å². The van der Waals surface area contributed by atoms with Crippen LogP contribution in [0.5, 0.6) is 0 Å². The average Bonchev–Trinajstić information content (AvgIpc) is 3.18. The highest BCUT2D eigenvalue weighted by Crippen LogP contribution is 2.33. The highest BCUT2D eigenvalue weighted by Gasteiger charge is 2.42. The number of amides is 2. The largest absolute Gasteiger partial charge is 0.465 e. The van der Waals surface area contributed by atoms with E-state index in [4.69, 9.17) is 18.9 Å². The molecule has 0 spiro atoms. The Bertz CT molecular complexity index is 1940. The van der Waals surface area contributed by atoms with E-state index in [1.165, 1.54) is 6.92 Å². The van der Waals surface area contributed by atoms with E-state index in [2.05, 4.69) is 50.1 Å². The van der Waals surface area contributed by atoms with E-state index in [1.54, 1.807) is 27.7 Å². The van der Waals surface area contributed by atoms with Gasteiger partial charge in [0.15, 0.2) is 12.2 Å². The minimum atomic E-state index is -1.31. The van der Waals surface area contributed by atoms with Crippen LogP contribution in [0.3, 0.4) is 0 Å². The molecule has 2 aromatic carbocycles. The molecule has 4 atom stereocenters. The first kappa shape index (κ1) is 50.3. The van der Waals surface area contributed by atoms with Gasteiger partial charge in [-0.3, -0.25) is 0 Å². The molecule has 0 fully saturated rings. The Balaban J connectivity index is 0.000000590. The van der Waals surface area contributed by atoms with Gasteiger partial charge >= 0.3 is 36.1 Å². The first-order valence-electron chi connectivity index (χ1n) is 18.2. The van der Waals surface area contributed by atoms with Crippen molar-refractivity contribution in [3.63, 3.8) is 0 Å². The fourth-order valence-corrected chi connectivity index (χ4v) is 5.77. The predicted octanol–water partition coefficient (Wildman–Crippen LogP) is 7.31. The molecule has 0 saturated carbocycles. The van der Waals surface area contributed by atoms with E-state index < -0.39 is 71.2 Å². The van der Waals surface area contributed by atoms with E-state index in [9.17, 15) is 39.0 Å². The van der Waals surface area contributed by atoms with Gasteiger partial charge in [-0.25, -0.2) is 28.8 Å². The van der Waals surface area contributed by atoms with Gasteiger partial charge in [0.05, 0.1) is 12.1 Å². The highest BCUT2D eigenvalue weighted by atomic mass is 16.6. The lowest BCUT2D eigenvalue weighted by Gasteiger charge is -2.39. The third-order valence-electron chi connectivity index (χ3n) is 9.21. The molecule has 318 valence electrons. The molecule has 2 rings (SSSR count). The predicted molar refractivity (Wildman–Crippen MR) is 225 cm³/mol. The van der Waals surface area contributed by atoms with Crippen molar-refractivity contribution in [2.45, 2.75) is 83.6 Å². The lowest BCUT2D eigenvalue weighted by atomic mass is 9.74. The van der Waals surface area contributed by atoms with Gasteiger partial charge in [0.1, 0.15) is 13.2 Å². The Morgan fingerprint density at radius 2 is 0.983 bits per heavy atom. The first-order valence-corrected chi connectivity index (χ1v) is 18.2. The van der Waals surface area contributed by atoms with Crippen molar-refractivity contribution < 1.29 is 57.9 Å². The van der Waals surface area contributed by atoms with Gasteiger partial charge in [0, 0.05) is 34.6 Å². The molecule has 0 aromatic heterocycles. The second-order valence-corrected chi connectivity index (χ2v) is 14.6. The zero-order chi connectivity index (χ0) is 45.2. The van der Waals surface area contributed by atoms with Gasteiger partial charge in [-0.2, -0.15) is 0 Å². The normalized spacial score (nSPS) is 12.8. The van der Waals surface area contributed by atoms with E-state index in [0.29, 0.717) is 0 Å². The van der Waals surface area contributed by atoms with Crippen molar-refractivity contribution >= 4 is 47.2 Å². The Kier molecular flexibility index (Phi) is 19.5. The first-order chi connectivity index (χ1) is 27.4. The minimum absolute atomic E-state index is 0.167. The number of hydrogen-bond donors (Lipinski definition) is 4. The molecule has 0 aliphatic carbocycles. The molecular weight excluding hydrogens is 760 g/mol. The summed E-state index contributed by atoms with van der Waals surface area (Å²) in [5, 5.41) is 23.6. The molecule has 0 radical (unpaired) electrons. The van der Waals surface area contributed by atoms with Crippen LogP contribution in [0, 0.1) is 0 Å². The lowest BCUT2D eigenvalue weighted by molar-refractivity contribution is -0.156. The minimum Gasteiger partial charge on any atom is -0.465 e. The summed E-state index contributed by atoms with van der Waals surface area (Å²) in [4.78, 5) is 70.2. The summed E-state index contributed by atoms with van der Waals surface area (Å²) in [5.41, 5.74) is 3.51. The third-order valence-corrected chi connectivity index (χ3v) is 9.21. The maximum absolute atomic E-state index is 11.9. The van der Waals surface area contributed by atoms with E-state index in [0.717, 1.165) is 51.6 Å². The monoisotopic (exact) mass is 816 g/mol. The molecule has 4 N–H and O–H groups in total. The number of carbonyl (C=O) groups excluding carboxylic acids is 4.